The van der Waals surface area contributed by atoms with Gasteiger partial charge in [-0.05, 0) is 24.3 Å². The van der Waals surface area contributed by atoms with Crippen LogP contribution in [0.4, 0.5) is 0 Å². The van der Waals surface area contributed by atoms with E-state index in [1.54, 1.807) is 11.1 Å². The highest BCUT2D eigenvalue weighted by Gasteiger charge is 2.37. The summed E-state index contributed by atoms with van der Waals surface area (Å²) in [5.74, 6) is 5.69. The molecule has 20 heavy (non-hydrogen) atoms. The van der Waals surface area contributed by atoms with E-state index in [-0.39, 0.29) is 0 Å². The highest BCUT2D eigenvalue weighted by atomic mass is 32.2. The van der Waals surface area contributed by atoms with Crippen LogP contribution in [0.2, 0.25) is 0 Å². The van der Waals surface area contributed by atoms with Gasteiger partial charge in [0.25, 0.3) is 0 Å². The van der Waals surface area contributed by atoms with Gasteiger partial charge < -0.3 is 4.74 Å². The summed E-state index contributed by atoms with van der Waals surface area (Å²) in [6.07, 6.45) is 1.25. The Labute approximate surface area is 128 Å². The molecule has 104 valence electrons. The van der Waals surface area contributed by atoms with Crippen molar-refractivity contribution in [2.24, 2.45) is 11.8 Å². The fraction of sp³-hybridized carbons (Fsp3) is 0.412. The molecule has 0 spiro atoms. The van der Waals surface area contributed by atoms with Crippen LogP contribution in [0.1, 0.15) is 20.3 Å². The molecular formula is C17H18OS2. The lowest BCUT2D eigenvalue weighted by Gasteiger charge is -2.39. The quantitative estimate of drug-likeness (QED) is 0.617. The molecule has 1 nitrogen and oxygen atoms in total. The lowest BCUT2D eigenvalue weighted by Crippen LogP contribution is -2.27. The molecular weight excluding hydrogens is 284 g/mol. The third-order valence-corrected chi connectivity index (χ3v) is 6.89. The summed E-state index contributed by atoms with van der Waals surface area (Å²) in [6, 6.07) is 8.41. The molecule has 4 rings (SSSR count). The van der Waals surface area contributed by atoms with Crippen molar-refractivity contribution in [3.05, 3.63) is 46.1 Å². The van der Waals surface area contributed by atoms with Gasteiger partial charge in [0.05, 0.1) is 4.90 Å². The smallest absolute Gasteiger partial charge is 0.140 e. The fourth-order valence-corrected chi connectivity index (χ4v) is 5.79. The van der Waals surface area contributed by atoms with Crippen molar-refractivity contribution in [3.8, 4) is 5.75 Å². The molecule has 3 heteroatoms. The minimum Gasteiger partial charge on any atom is -0.459 e. The van der Waals surface area contributed by atoms with Gasteiger partial charge in [0, 0.05) is 22.5 Å². The standard InChI is InChI=1S/C17H18OS2/c1-10-13-9-19-8-7-12(13)11(2)17-16(10)18-14-5-3-4-6-15(14)20-17/h3-6,10-11H,7-9H2,1-2H3. The summed E-state index contributed by atoms with van der Waals surface area (Å²) in [5, 5.41) is 0. The average molecular weight is 302 g/mol. The zero-order valence-corrected chi connectivity index (χ0v) is 13.4. The van der Waals surface area contributed by atoms with E-state index in [2.05, 4.69) is 49.9 Å². The maximum Gasteiger partial charge on any atom is 0.140 e. The van der Waals surface area contributed by atoms with Gasteiger partial charge >= 0.3 is 0 Å². The van der Waals surface area contributed by atoms with Crippen molar-refractivity contribution in [2.45, 2.75) is 25.2 Å². The number of benzene rings is 1. The first-order chi connectivity index (χ1) is 9.75. The average Bonchev–Trinajstić information content (AvgIpc) is 2.51. The molecule has 0 N–H and O–H groups in total. The molecule has 1 aromatic carbocycles. The second kappa shape index (κ2) is 4.88. The Morgan fingerprint density at radius 2 is 1.95 bits per heavy atom. The Morgan fingerprint density at radius 3 is 2.85 bits per heavy atom. The Bertz CT molecular complexity index is 577. The first kappa shape index (κ1) is 12.9. The second-order valence-corrected chi connectivity index (χ2v) is 7.86. The van der Waals surface area contributed by atoms with Crippen LogP contribution in [0.3, 0.4) is 0 Å². The summed E-state index contributed by atoms with van der Waals surface area (Å²) in [7, 11) is 0. The fourth-order valence-electron chi connectivity index (χ4n) is 3.39. The molecule has 2 unspecified atom stereocenters. The van der Waals surface area contributed by atoms with E-state index in [0.29, 0.717) is 11.8 Å². The summed E-state index contributed by atoms with van der Waals surface area (Å²) in [5.41, 5.74) is 3.32. The normalized spacial score (nSPS) is 28.5. The predicted molar refractivity (Wildman–Crippen MR) is 87.2 cm³/mol. The zero-order valence-electron chi connectivity index (χ0n) is 11.8. The first-order valence-corrected chi connectivity index (χ1v) is 9.21. The number of thioether (sulfide) groups is 2. The number of hydrogen-bond donors (Lipinski definition) is 0. The molecule has 2 atom stereocenters. The van der Waals surface area contributed by atoms with Gasteiger partial charge in [0.15, 0.2) is 0 Å². The molecule has 0 fully saturated rings. The van der Waals surface area contributed by atoms with E-state index in [0.717, 1.165) is 5.75 Å². The summed E-state index contributed by atoms with van der Waals surface area (Å²) >= 11 is 3.99. The summed E-state index contributed by atoms with van der Waals surface area (Å²) < 4.78 is 6.28. The van der Waals surface area contributed by atoms with Gasteiger partial charge in [0.1, 0.15) is 11.5 Å². The van der Waals surface area contributed by atoms with Gasteiger partial charge in [0.2, 0.25) is 0 Å². The lowest BCUT2D eigenvalue weighted by molar-refractivity contribution is 0.348. The molecule has 0 bridgehead atoms. The van der Waals surface area contributed by atoms with Crippen LogP contribution in [0.5, 0.6) is 5.75 Å². The molecule has 2 aliphatic heterocycles. The number of ether oxygens (including phenoxy) is 1. The highest BCUT2D eigenvalue weighted by molar-refractivity contribution is 8.03. The Hall–Kier alpha value is -0.800. The van der Waals surface area contributed by atoms with Crippen molar-refractivity contribution < 1.29 is 4.74 Å². The zero-order chi connectivity index (χ0) is 13.7. The van der Waals surface area contributed by atoms with Crippen molar-refractivity contribution in [1.29, 1.82) is 0 Å². The SMILES string of the molecule is CC1C2=C(CCSC2)C(C)C2=C1Oc1ccccc1S2. The van der Waals surface area contributed by atoms with E-state index < -0.39 is 0 Å². The third-order valence-electron chi connectivity index (χ3n) is 4.55. The monoisotopic (exact) mass is 302 g/mol. The Morgan fingerprint density at radius 1 is 1.10 bits per heavy atom. The van der Waals surface area contributed by atoms with Gasteiger partial charge in [-0.2, -0.15) is 11.8 Å². The Kier molecular flexibility index (Phi) is 3.15. The number of para-hydroxylation sites is 1. The largest absolute Gasteiger partial charge is 0.459 e. The maximum absolute atomic E-state index is 6.28. The van der Waals surface area contributed by atoms with Crippen molar-refractivity contribution in [2.75, 3.05) is 11.5 Å². The molecule has 0 radical (unpaired) electrons. The number of rotatable bonds is 0. The van der Waals surface area contributed by atoms with Crippen LogP contribution in [0.25, 0.3) is 0 Å². The van der Waals surface area contributed by atoms with Crippen LogP contribution in [0.15, 0.2) is 51.0 Å². The van der Waals surface area contributed by atoms with Crippen molar-refractivity contribution >= 4 is 23.5 Å². The number of hydrogen-bond acceptors (Lipinski definition) is 3. The maximum atomic E-state index is 6.28. The highest BCUT2D eigenvalue weighted by Crippen LogP contribution is 2.53. The van der Waals surface area contributed by atoms with Crippen LogP contribution < -0.4 is 4.74 Å². The Balaban J connectivity index is 1.77. The van der Waals surface area contributed by atoms with Crippen molar-refractivity contribution in [1.82, 2.24) is 0 Å². The molecule has 0 amide bonds. The molecule has 1 aliphatic carbocycles. The number of fused-ring (bicyclic) bond motifs is 1. The van der Waals surface area contributed by atoms with Crippen LogP contribution >= 0.6 is 23.5 Å². The molecule has 0 aromatic heterocycles. The van der Waals surface area contributed by atoms with E-state index in [4.69, 9.17) is 4.74 Å². The topological polar surface area (TPSA) is 9.23 Å². The first-order valence-electron chi connectivity index (χ1n) is 7.24. The molecule has 0 saturated carbocycles. The van der Waals surface area contributed by atoms with Gasteiger partial charge in [-0.15, -0.1) is 0 Å². The van der Waals surface area contributed by atoms with Gasteiger partial charge in [-0.3, -0.25) is 0 Å². The van der Waals surface area contributed by atoms with Crippen LogP contribution in [-0.4, -0.2) is 11.5 Å². The lowest BCUT2D eigenvalue weighted by atomic mass is 9.81. The van der Waals surface area contributed by atoms with Crippen LogP contribution in [-0.2, 0) is 0 Å². The minimum atomic E-state index is 0.449. The summed E-state index contributed by atoms with van der Waals surface area (Å²) in [4.78, 5) is 2.71. The number of allylic oxidation sites excluding steroid dienone is 3. The van der Waals surface area contributed by atoms with E-state index in [9.17, 15) is 0 Å². The van der Waals surface area contributed by atoms with Crippen LogP contribution in [0, 0.1) is 11.8 Å². The predicted octanol–water partition coefficient (Wildman–Crippen LogP) is 5.10. The molecule has 3 aliphatic rings. The molecule has 0 saturated heterocycles. The van der Waals surface area contributed by atoms with Gasteiger partial charge in [-0.25, -0.2) is 0 Å². The van der Waals surface area contributed by atoms with E-state index in [1.807, 2.05) is 11.8 Å². The third kappa shape index (κ3) is 1.86. The van der Waals surface area contributed by atoms with E-state index in [1.165, 1.54) is 33.5 Å². The van der Waals surface area contributed by atoms with Gasteiger partial charge in [-0.1, -0.05) is 48.9 Å². The second-order valence-electron chi connectivity index (χ2n) is 5.68. The van der Waals surface area contributed by atoms with Crippen molar-refractivity contribution in [3.63, 3.8) is 0 Å². The molecule has 1 aromatic rings. The van der Waals surface area contributed by atoms with E-state index >= 15 is 0 Å². The summed E-state index contributed by atoms with van der Waals surface area (Å²) in [6.45, 7) is 4.67. The minimum absolute atomic E-state index is 0.449. The molecule has 2 heterocycles.